The second kappa shape index (κ2) is 6.09. The van der Waals surface area contributed by atoms with Gasteiger partial charge in [-0.1, -0.05) is 24.3 Å². The maximum atomic E-state index is 11.9. The van der Waals surface area contributed by atoms with Crippen LogP contribution in [0, 0.1) is 13.8 Å². The van der Waals surface area contributed by atoms with E-state index < -0.39 is 0 Å². The van der Waals surface area contributed by atoms with E-state index >= 15 is 0 Å². The summed E-state index contributed by atoms with van der Waals surface area (Å²) in [6, 6.07) is 9.78. The third-order valence-corrected chi connectivity index (χ3v) is 2.94. The number of nitrogens with zero attached hydrogens (tertiary/aromatic N) is 2. The molecular formula is C15H17N3O. The Morgan fingerprint density at radius 3 is 2.74 bits per heavy atom. The van der Waals surface area contributed by atoms with E-state index in [1.54, 1.807) is 0 Å². The lowest BCUT2D eigenvalue weighted by Gasteiger charge is -2.07. The number of amides is 1. The van der Waals surface area contributed by atoms with Crippen molar-refractivity contribution in [3.63, 3.8) is 0 Å². The minimum absolute atomic E-state index is 0.00515. The van der Waals surface area contributed by atoms with Gasteiger partial charge in [-0.15, -0.1) is 0 Å². The van der Waals surface area contributed by atoms with Crippen LogP contribution < -0.4 is 5.32 Å². The molecule has 4 heteroatoms. The highest BCUT2D eigenvalue weighted by atomic mass is 16.1. The van der Waals surface area contributed by atoms with Crippen LogP contribution in [0.5, 0.6) is 0 Å². The molecule has 2 rings (SSSR count). The maximum Gasteiger partial charge on any atom is 0.224 e. The van der Waals surface area contributed by atoms with E-state index in [0.29, 0.717) is 13.0 Å². The van der Waals surface area contributed by atoms with Crippen molar-refractivity contribution in [3.8, 4) is 0 Å². The molecule has 0 fully saturated rings. The molecule has 1 heterocycles. The smallest absolute Gasteiger partial charge is 0.224 e. The van der Waals surface area contributed by atoms with E-state index in [1.807, 2.05) is 44.2 Å². The predicted molar refractivity (Wildman–Crippen MR) is 73.5 cm³/mol. The van der Waals surface area contributed by atoms with E-state index in [2.05, 4.69) is 15.3 Å². The van der Waals surface area contributed by atoms with Crippen molar-refractivity contribution >= 4 is 5.91 Å². The van der Waals surface area contributed by atoms with Crippen molar-refractivity contribution in [2.75, 3.05) is 0 Å². The maximum absolute atomic E-state index is 11.9. The Kier molecular flexibility index (Phi) is 4.23. The monoisotopic (exact) mass is 255 g/mol. The average Bonchev–Trinajstić information content (AvgIpc) is 2.39. The van der Waals surface area contributed by atoms with Crippen molar-refractivity contribution in [2.24, 2.45) is 0 Å². The summed E-state index contributed by atoms with van der Waals surface area (Å²) < 4.78 is 0. The summed E-state index contributed by atoms with van der Waals surface area (Å²) in [5, 5.41) is 2.87. The molecular weight excluding hydrogens is 238 g/mol. The van der Waals surface area contributed by atoms with E-state index in [-0.39, 0.29) is 5.91 Å². The predicted octanol–water partition coefficient (Wildman–Crippen LogP) is 1.95. The standard InChI is InChI=1S/C15H17N3O/c1-11-5-3-4-6-13(11)8-15(19)16-9-14-7-12(2)17-10-18-14/h3-7,10H,8-9H2,1-2H3,(H,16,19). The van der Waals surface area contributed by atoms with Crippen LogP contribution in [0.3, 0.4) is 0 Å². The van der Waals surface area contributed by atoms with Gasteiger partial charge in [0, 0.05) is 5.69 Å². The van der Waals surface area contributed by atoms with Crippen LogP contribution in [0.1, 0.15) is 22.5 Å². The van der Waals surface area contributed by atoms with Gasteiger partial charge in [-0.25, -0.2) is 9.97 Å². The number of hydrogen-bond acceptors (Lipinski definition) is 3. The Morgan fingerprint density at radius 1 is 1.21 bits per heavy atom. The largest absolute Gasteiger partial charge is 0.350 e. The number of carbonyl (C=O) groups excluding carboxylic acids is 1. The fourth-order valence-corrected chi connectivity index (χ4v) is 1.84. The first-order valence-electron chi connectivity index (χ1n) is 6.24. The van der Waals surface area contributed by atoms with Gasteiger partial charge in [0.2, 0.25) is 5.91 Å². The lowest BCUT2D eigenvalue weighted by Crippen LogP contribution is -2.25. The Balaban J connectivity index is 1.90. The molecule has 98 valence electrons. The van der Waals surface area contributed by atoms with Crippen LogP contribution in [-0.2, 0) is 17.8 Å². The van der Waals surface area contributed by atoms with E-state index in [9.17, 15) is 4.79 Å². The molecule has 0 radical (unpaired) electrons. The first kappa shape index (κ1) is 13.2. The summed E-state index contributed by atoms with van der Waals surface area (Å²) in [5.74, 6) is 0.00515. The highest BCUT2D eigenvalue weighted by Gasteiger charge is 2.05. The van der Waals surface area contributed by atoms with Crippen LogP contribution in [0.2, 0.25) is 0 Å². The number of hydrogen-bond donors (Lipinski definition) is 1. The molecule has 0 saturated heterocycles. The van der Waals surface area contributed by atoms with Crippen molar-refractivity contribution in [1.29, 1.82) is 0 Å². The molecule has 1 aromatic heterocycles. The minimum atomic E-state index is 0.00515. The minimum Gasteiger partial charge on any atom is -0.350 e. The Bertz CT molecular complexity index is 581. The molecule has 0 spiro atoms. The molecule has 0 aliphatic rings. The molecule has 0 unspecified atom stereocenters. The zero-order chi connectivity index (χ0) is 13.7. The van der Waals surface area contributed by atoms with Crippen molar-refractivity contribution in [1.82, 2.24) is 15.3 Å². The third-order valence-electron chi connectivity index (χ3n) is 2.94. The normalized spacial score (nSPS) is 10.2. The first-order chi connectivity index (χ1) is 9.15. The van der Waals surface area contributed by atoms with Gasteiger partial charge in [0.1, 0.15) is 6.33 Å². The van der Waals surface area contributed by atoms with E-state index in [0.717, 1.165) is 22.5 Å². The summed E-state index contributed by atoms with van der Waals surface area (Å²) in [5.41, 5.74) is 3.91. The second-order valence-electron chi connectivity index (χ2n) is 4.53. The van der Waals surface area contributed by atoms with Crippen molar-refractivity contribution in [2.45, 2.75) is 26.8 Å². The number of nitrogens with one attached hydrogen (secondary N) is 1. The zero-order valence-electron chi connectivity index (χ0n) is 11.2. The summed E-state index contributed by atoms with van der Waals surface area (Å²) in [6.45, 7) is 4.35. The highest BCUT2D eigenvalue weighted by molar-refractivity contribution is 5.78. The van der Waals surface area contributed by atoms with Gasteiger partial charge >= 0.3 is 0 Å². The Morgan fingerprint density at radius 2 is 2.00 bits per heavy atom. The van der Waals surface area contributed by atoms with Gasteiger partial charge in [0.15, 0.2) is 0 Å². The molecule has 0 atom stereocenters. The summed E-state index contributed by atoms with van der Waals surface area (Å²) in [7, 11) is 0. The molecule has 1 N–H and O–H groups in total. The summed E-state index contributed by atoms with van der Waals surface area (Å²) in [4.78, 5) is 20.0. The van der Waals surface area contributed by atoms with Crippen LogP contribution >= 0.6 is 0 Å². The fourth-order valence-electron chi connectivity index (χ4n) is 1.84. The number of carbonyl (C=O) groups is 1. The fraction of sp³-hybridized carbons (Fsp3) is 0.267. The van der Waals surface area contributed by atoms with Gasteiger partial charge < -0.3 is 5.32 Å². The number of rotatable bonds is 4. The lowest BCUT2D eigenvalue weighted by atomic mass is 10.1. The highest BCUT2D eigenvalue weighted by Crippen LogP contribution is 2.07. The van der Waals surface area contributed by atoms with Crippen LogP contribution in [-0.4, -0.2) is 15.9 Å². The summed E-state index contributed by atoms with van der Waals surface area (Å²) >= 11 is 0. The van der Waals surface area contributed by atoms with Crippen LogP contribution in [0.25, 0.3) is 0 Å². The average molecular weight is 255 g/mol. The molecule has 19 heavy (non-hydrogen) atoms. The van der Waals surface area contributed by atoms with Gasteiger partial charge in [0.05, 0.1) is 18.7 Å². The van der Waals surface area contributed by atoms with Crippen LogP contribution in [0.4, 0.5) is 0 Å². The molecule has 4 nitrogen and oxygen atoms in total. The third kappa shape index (κ3) is 3.88. The van der Waals surface area contributed by atoms with Crippen molar-refractivity contribution < 1.29 is 4.79 Å². The SMILES string of the molecule is Cc1cc(CNC(=O)Cc2ccccc2C)ncn1. The van der Waals surface area contributed by atoms with Gasteiger partial charge in [-0.2, -0.15) is 0 Å². The second-order valence-corrected chi connectivity index (χ2v) is 4.53. The molecule has 0 aliphatic carbocycles. The molecule has 1 amide bonds. The molecule has 0 bridgehead atoms. The molecule has 1 aromatic carbocycles. The zero-order valence-corrected chi connectivity index (χ0v) is 11.2. The molecule has 0 saturated carbocycles. The first-order valence-corrected chi connectivity index (χ1v) is 6.24. The number of aromatic nitrogens is 2. The van der Waals surface area contributed by atoms with Crippen LogP contribution in [0.15, 0.2) is 36.7 Å². The number of aryl methyl sites for hydroxylation is 2. The lowest BCUT2D eigenvalue weighted by molar-refractivity contribution is -0.120. The van der Waals surface area contributed by atoms with E-state index in [1.165, 1.54) is 6.33 Å². The summed E-state index contributed by atoms with van der Waals surface area (Å²) in [6.07, 6.45) is 1.91. The molecule has 2 aromatic rings. The molecule has 0 aliphatic heterocycles. The van der Waals surface area contributed by atoms with Gasteiger partial charge in [-0.05, 0) is 31.0 Å². The number of benzene rings is 1. The van der Waals surface area contributed by atoms with Crippen molar-refractivity contribution in [3.05, 3.63) is 59.2 Å². The van der Waals surface area contributed by atoms with E-state index in [4.69, 9.17) is 0 Å². The van der Waals surface area contributed by atoms with Gasteiger partial charge in [-0.3, -0.25) is 4.79 Å². The topological polar surface area (TPSA) is 54.9 Å². The Labute approximate surface area is 112 Å². The van der Waals surface area contributed by atoms with Gasteiger partial charge in [0.25, 0.3) is 0 Å². The quantitative estimate of drug-likeness (QED) is 0.908. The Hall–Kier alpha value is -2.23.